The molecule has 4 heteroatoms. The van der Waals surface area contributed by atoms with Gasteiger partial charge >= 0.3 is 5.97 Å². The second kappa shape index (κ2) is 6.72. The second-order valence-electron chi connectivity index (χ2n) is 5.95. The Morgan fingerprint density at radius 1 is 1.45 bits per heavy atom. The summed E-state index contributed by atoms with van der Waals surface area (Å²) in [6.45, 7) is 3.19. The average molecular weight is 340 g/mol. The molecule has 2 atom stereocenters. The van der Waals surface area contributed by atoms with Crippen LogP contribution in [0.15, 0.2) is 22.7 Å². The van der Waals surface area contributed by atoms with E-state index in [1.165, 1.54) is 25.7 Å². The lowest BCUT2D eigenvalue weighted by Crippen LogP contribution is -2.35. The number of hydrogen-bond acceptors (Lipinski definition) is 2. The molecule has 0 bridgehead atoms. The zero-order chi connectivity index (χ0) is 14.7. The minimum absolute atomic E-state index is 0.328. The first-order valence-electron chi connectivity index (χ1n) is 7.19. The molecule has 2 rings (SSSR count). The van der Waals surface area contributed by atoms with Crippen LogP contribution in [0.25, 0.3) is 0 Å². The van der Waals surface area contributed by atoms with Crippen LogP contribution >= 0.6 is 15.9 Å². The van der Waals surface area contributed by atoms with Gasteiger partial charge < -0.3 is 5.11 Å². The smallest absolute Gasteiger partial charge is 0.335 e. The Morgan fingerprint density at radius 2 is 2.20 bits per heavy atom. The highest BCUT2D eigenvalue weighted by molar-refractivity contribution is 9.10. The normalized spacial score (nSPS) is 23.0. The molecule has 0 spiro atoms. The second-order valence-corrected chi connectivity index (χ2v) is 6.81. The van der Waals surface area contributed by atoms with E-state index in [0.717, 1.165) is 22.5 Å². The van der Waals surface area contributed by atoms with Crippen LogP contribution in [0, 0.1) is 5.92 Å². The molecule has 20 heavy (non-hydrogen) atoms. The molecule has 0 aromatic heterocycles. The van der Waals surface area contributed by atoms with E-state index >= 15 is 0 Å². The summed E-state index contributed by atoms with van der Waals surface area (Å²) in [6.07, 6.45) is 5.20. The monoisotopic (exact) mass is 339 g/mol. The van der Waals surface area contributed by atoms with Crippen molar-refractivity contribution in [2.24, 2.45) is 5.92 Å². The number of rotatable bonds is 4. The molecule has 1 aliphatic carbocycles. The lowest BCUT2D eigenvalue weighted by atomic mass is 9.86. The summed E-state index contributed by atoms with van der Waals surface area (Å²) in [7, 11) is 2.17. The molecular formula is C16H22BrNO2. The molecule has 1 aliphatic rings. The zero-order valence-corrected chi connectivity index (χ0v) is 13.7. The van der Waals surface area contributed by atoms with Crippen LogP contribution in [0.2, 0.25) is 0 Å². The van der Waals surface area contributed by atoms with Crippen molar-refractivity contribution in [3.8, 4) is 0 Å². The van der Waals surface area contributed by atoms with Crippen LogP contribution in [0.4, 0.5) is 0 Å². The van der Waals surface area contributed by atoms with Gasteiger partial charge in [-0.05, 0) is 43.5 Å². The Kier molecular flexibility index (Phi) is 5.22. The molecular weight excluding hydrogens is 318 g/mol. The van der Waals surface area contributed by atoms with Crippen molar-refractivity contribution in [3.63, 3.8) is 0 Å². The van der Waals surface area contributed by atoms with Crippen LogP contribution in [0.1, 0.15) is 48.5 Å². The van der Waals surface area contributed by atoms with Crippen LogP contribution < -0.4 is 0 Å². The van der Waals surface area contributed by atoms with E-state index in [2.05, 4.69) is 34.8 Å². The van der Waals surface area contributed by atoms with Gasteiger partial charge in [0, 0.05) is 17.1 Å². The summed E-state index contributed by atoms with van der Waals surface area (Å²) in [5.41, 5.74) is 1.48. The Labute approximate surface area is 129 Å². The third-order valence-corrected chi connectivity index (χ3v) is 4.99. The first-order chi connectivity index (χ1) is 9.47. The molecule has 0 radical (unpaired) electrons. The van der Waals surface area contributed by atoms with Gasteiger partial charge in [0.05, 0.1) is 5.56 Å². The van der Waals surface area contributed by atoms with Gasteiger partial charge in [-0.2, -0.15) is 0 Å². The highest BCUT2D eigenvalue weighted by Gasteiger charge is 2.22. The lowest BCUT2D eigenvalue weighted by Gasteiger charge is -2.34. The molecule has 3 nitrogen and oxygen atoms in total. The van der Waals surface area contributed by atoms with E-state index in [4.69, 9.17) is 5.11 Å². The summed E-state index contributed by atoms with van der Waals surface area (Å²) in [5.74, 6) is -0.0688. The summed E-state index contributed by atoms with van der Waals surface area (Å²) < 4.78 is 0.883. The van der Waals surface area contributed by atoms with Gasteiger partial charge in [-0.1, -0.05) is 41.8 Å². The molecule has 0 aliphatic heterocycles. The molecule has 1 aromatic carbocycles. The Balaban J connectivity index is 2.03. The van der Waals surface area contributed by atoms with Crippen LogP contribution in [-0.2, 0) is 6.54 Å². The SMILES string of the molecule is CC1CCCC(N(C)Cc2ccc(C(=O)O)cc2Br)C1. The van der Waals surface area contributed by atoms with Gasteiger partial charge in [-0.15, -0.1) is 0 Å². The first-order valence-corrected chi connectivity index (χ1v) is 7.98. The first kappa shape index (κ1) is 15.5. The number of carboxylic acid groups (broad SMARTS) is 1. The molecule has 1 N–H and O–H groups in total. The fourth-order valence-electron chi connectivity index (χ4n) is 3.01. The standard InChI is InChI=1S/C16H22BrNO2/c1-11-4-3-5-14(8-11)18(2)10-13-7-6-12(16(19)20)9-15(13)17/h6-7,9,11,14H,3-5,8,10H2,1-2H3,(H,19,20). The number of carboxylic acids is 1. The summed E-state index contributed by atoms with van der Waals surface area (Å²) in [5, 5.41) is 8.98. The topological polar surface area (TPSA) is 40.5 Å². The van der Waals surface area contributed by atoms with E-state index in [0.29, 0.717) is 11.6 Å². The lowest BCUT2D eigenvalue weighted by molar-refractivity contribution is 0.0696. The Hall–Kier alpha value is -0.870. The fourth-order valence-corrected chi connectivity index (χ4v) is 3.51. The zero-order valence-electron chi connectivity index (χ0n) is 12.1. The Bertz CT molecular complexity index is 489. The van der Waals surface area contributed by atoms with Gasteiger partial charge in [-0.3, -0.25) is 4.90 Å². The largest absolute Gasteiger partial charge is 0.478 e. The number of carbonyl (C=O) groups is 1. The van der Waals surface area contributed by atoms with Crippen LogP contribution in [0.5, 0.6) is 0 Å². The fraction of sp³-hybridized carbons (Fsp3) is 0.562. The minimum atomic E-state index is -0.883. The highest BCUT2D eigenvalue weighted by Crippen LogP contribution is 2.28. The number of aromatic carboxylic acids is 1. The van der Waals surface area contributed by atoms with Crippen LogP contribution in [-0.4, -0.2) is 29.1 Å². The Morgan fingerprint density at radius 3 is 2.80 bits per heavy atom. The molecule has 1 aromatic rings. The van der Waals surface area contributed by atoms with Crippen molar-refractivity contribution in [1.82, 2.24) is 4.90 Å². The molecule has 1 fully saturated rings. The van der Waals surface area contributed by atoms with E-state index in [9.17, 15) is 4.79 Å². The molecule has 0 saturated heterocycles. The highest BCUT2D eigenvalue weighted by atomic mass is 79.9. The molecule has 2 unspecified atom stereocenters. The maximum absolute atomic E-state index is 10.9. The summed E-state index contributed by atoms with van der Waals surface area (Å²) in [6, 6.07) is 5.93. The predicted molar refractivity (Wildman–Crippen MR) is 84.0 cm³/mol. The van der Waals surface area contributed by atoms with E-state index in [1.54, 1.807) is 12.1 Å². The van der Waals surface area contributed by atoms with Gasteiger partial charge in [0.25, 0.3) is 0 Å². The molecule has 0 amide bonds. The van der Waals surface area contributed by atoms with Gasteiger partial charge in [0.2, 0.25) is 0 Å². The molecule has 0 heterocycles. The van der Waals surface area contributed by atoms with Crippen molar-refractivity contribution in [2.75, 3.05) is 7.05 Å². The maximum Gasteiger partial charge on any atom is 0.335 e. The summed E-state index contributed by atoms with van der Waals surface area (Å²) >= 11 is 3.49. The minimum Gasteiger partial charge on any atom is -0.478 e. The van der Waals surface area contributed by atoms with Gasteiger partial charge in [0.1, 0.15) is 0 Å². The number of halogens is 1. The molecule has 110 valence electrons. The van der Waals surface area contributed by atoms with E-state index < -0.39 is 5.97 Å². The van der Waals surface area contributed by atoms with Crippen LogP contribution in [0.3, 0.4) is 0 Å². The summed E-state index contributed by atoms with van der Waals surface area (Å²) in [4.78, 5) is 13.3. The van der Waals surface area contributed by atoms with Crippen molar-refractivity contribution < 1.29 is 9.90 Å². The average Bonchev–Trinajstić information content (AvgIpc) is 2.40. The van der Waals surface area contributed by atoms with Gasteiger partial charge in [-0.25, -0.2) is 4.79 Å². The van der Waals surface area contributed by atoms with E-state index in [-0.39, 0.29) is 0 Å². The maximum atomic E-state index is 10.9. The van der Waals surface area contributed by atoms with Gasteiger partial charge in [0.15, 0.2) is 0 Å². The number of benzene rings is 1. The predicted octanol–water partition coefficient (Wildman–Crippen LogP) is 4.16. The quantitative estimate of drug-likeness (QED) is 0.895. The third kappa shape index (κ3) is 3.83. The molecule has 1 saturated carbocycles. The third-order valence-electron chi connectivity index (χ3n) is 4.25. The van der Waals surface area contributed by atoms with Crippen molar-refractivity contribution in [1.29, 1.82) is 0 Å². The number of nitrogens with zero attached hydrogens (tertiary/aromatic N) is 1. The number of hydrogen-bond donors (Lipinski definition) is 1. The van der Waals surface area contributed by atoms with E-state index in [1.807, 2.05) is 6.07 Å². The van der Waals surface area contributed by atoms with Crippen molar-refractivity contribution in [3.05, 3.63) is 33.8 Å². The van der Waals surface area contributed by atoms with Crippen molar-refractivity contribution >= 4 is 21.9 Å². The van der Waals surface area contributed by atoms with Crippen molar-refractivity contribution in [2.45, 2.75) is 45.2 Å².